The molecule has 3 rings (SSSR count). The third-order valence-electron chi connectivity index (χ3n) is 4.51. The fourth-order valence-electron chi connectivity index (χ4n) is 3.09. The molecule has 2 aromatic rings. The minimum Gasteiger partial charge on any atom is -0.353 e. The summed E-state index contributed by atoms with van der Waals surface area (Å²) in [6.07, 6.45) is 5.47. The van der Waals surface area contributed by atoms with E-state index in [1.165, 1.54) is 35.9 Å². The highest BCUT2D eigenvalue weighted by Crippen LogP contribution is 2.22. The normalized spacial score (nSPS) is 15.3. The highest BCUT2D eigenvalue weighted by Gasteiger charge is 2.18. The summed E-state index contributed by atoms with van der Waals surface area (Å²) in [4.78, 5) is 29.6. The van der Waals surface area contributed by atoms with E-state index in [-0.39, 0.29) is 11.5 Å². The molecule has 2 aromatic heterocycles. The van der Waals surface area contributed by atoms with Crippen LogP contribution >= 0.6 is 23.1 Å². The summed E-state index contributed by atoms with van der Waals surface area (Å²) in [5.41, 5.74) is 0.744. The fraction of sp³-hybridized carbons (Fsp3) is 0.611. The molecule has 136 valence electrons. The van der Waals surface area contributed by atoms with Crippen LogP contribution in [0.15, 0.2) is 21.4 Å². The smallest absolute Gasteiger partial charge is 0.272 e. The number of thioether (sulfide) groups is 1. The monoisotopic (exact) mass is 379 g/mol. The molecule has 0 atom stereocenters. The van der Waals surface area contributed by atoms with Gasteiger partial charge < -0.3 is 5.32 Å². The fourth-order valence-corrected chi connectivity index (χ4v) is 4.70. The van der Waals surface area contributed by atoms with Crippen molar-refractivity contribution >= 4 is 39.2 Å². The lowest BCUT2D eigenvalue weighted by molar-refractivity contribution is -0.119. The first-order valence-corrected chi connectivity index (χ1v) is 10.8. The molecule has 5 nitrogen and oxygen atoms in total. The second-order valence-electron chi connectivity index (χ2n) is 7.01. The minimum absolute atomic E-state index is 0.0133. The summed E-state index contributed by atoms with van der Waals surface area (Å²) < 4.78 is 2.44. The van der Waals surface area contributed by atoms with Crippen molar-refractivity contribution < 1.29 is 4.79 Å². The minimum atomic E-state index is 0.0133. The quantitative estimate of drug-likeness (QED) is 0.589. The SMILES string of the molecule is CC(C)CCn1c(SCC(=O)NC2CCCC2)nc2ccsc2c1=O. The van der Waals surface area contributed by atoms with Crippen molar-refractivity contribution in [2.45, 2.75) is 63.7 Å². The second kappa shape index (κ2) is 8.36. The number of nitrogens with one attached hydrogen (secondary N) is 1. The zero-order valence-corrected chi connectivity index (χ0v) is 16.4. The molecule has 0 spiro atoms. The average Bonchev–Trinajstić information content (AvgIpc) is 3.23. The highest BCUT2D eigenvalue weighted by atomic mass is 32.2. The number of hydrogen-bond donors (Lipinski definition) is 1. The van der Waals surface area contributed by atoms with Crippen LogP contribution < -0.4 is 10.9 Å². The molecular formula is C18H25N3O2S2. The molecule has 25 heavy (non-hydrogen) atoms. The first kappa shape index (κ1) is 18.5. The van der Waals surface area contributed by atoms with Crippen molar-refractivity contribution in [3.8, 4) is 0 Å². The molecule has 0 bridgehead atoms. The van der Waals surface area contributed by atoms with Crippen molar-refractivity contribution in [2.24, 2.45) is 5.92 Å². The van der Waals surface area contributed by atoms with E-state index in [1.54, 1.807) is 4.57 Å². The Bertz CT molecular complexity index is 791. The molecule has 1 amide bonds. The van der Waals surface area contributed by atoms with Gasteiger partial charge in [0.15, 0.2) is 5.16 Å². The second-order valence-corrected chi connectivity index (χ2v) is 8.86. The standard InChI is InChI=1S/C18H25N3O2S2/c1-12(2)7-9-21-17(23)16-14(8-10-24-16)20-18(21)25-11-15(22)19-13-5-3-4-6-13/h8,10,12-13H,3-7,9,11H2,1-2H3,(H,19,22). The van der Waals surface area contributed by atoms with Crippen molar-refractivity contribution in [3.63, 3.8) is 0 Å². The summed E-state index contributed by atoms with van der Waals surface area (Å²) in [5, 5.41) is 5.64. The molecule has 0 aromatic carbocycles. The van der Waals surface area contributed by atoms with Gasteiger partial charge in [-0.05, 0) is 36.6 Å². The molecule has 0 unspecified atom stereocenters. The Morgan fingerprint density at radius 1 is 1.44 bits per heavy atom. The van der Waals surface area contributed by atoms with Crippen LogP contribution in [0.3, 0.4) is 0 Å². The average molecular weight is 380 g/mol. The Morgan fingerprint density at radius 3 is 2.92 bits per heavy atom. The lowest BCUT2D eigenvalue weighted by Crippen LogP contribution is -2.34. The first-order chi connectivity index (χ1) is 12.0. The Kier molecular flexibility index (Phi) is 6.17. The van der Waals surface area contributed by atoms with E-state index in [2.05, 4.69) is 24.1 Å². The van der Waals surface area contributed by atoms with Gasteiger partial charge in [0.25, 0.3) is 5.56 Å². The van der Waals surface area contributed by atoms with Crippen LogP contribution in [0.5, 0.6) is 0 Å². The molecule has 1 N–H and O–H groups in total. The van der Waals surface area contributed by atoms with Gasteiger partial charge in [-0.1, -0.05) is 38.5 Å². The van der Waals surface area contributed by atoms with Gasteiger partial charge in [0.1, 0.15) is 4.70 Å². The van der Waals surface area contributed by atoms with Crippen molar-refractivity contribution in [1.82, 2.24) is 14.9 Å². The first-order valence-electron chi connectivity index (χ1n) is 8.95. The molecule has 7 heteroatoms. The third-order valence-corrected chi connectivity index (χ3v) is 6.38. The van der Waals surface area contributed by atoms with Crippen LogP contribution in [0.2, 0.25) is 0 Å². The molecule has 2 heterocycles. The van der Waals surface area contributed by atoms with Crippen LogP contribution in [0.4, 0.5) is 0 Å². The molecule has 1 aliphatic rings. The number of hydrogen-bond acceptors (Lipinski definition) is 5. The predicted octanol–water partition coefficient (Wildman–Crippen LogP) is 3.66. The van der Waals surface area contributed by atoms with E-state index in [4.69, 9.17) is 0 Å². The highest BCUT2D eigenvalue weighted by molar-refractivity contribution is 7.99. The number of nitrogens with zero attached hydrogens (tertiary/aromatic N) is 2. The summed E-state index contributed by atoms with van der Waals surface area (Å²) >= 11 is 2.80. The van der Waals surface area contributed by atoms with Gasteiger partial charge in [-0.3, -0.25) is 14.2 Å². The van der Waals surface area contributed by atoms with Crippen LogP contribution in [-0.2, 0) is 11.3 Å². The van der Waals surface area contributed by atoms with Gasteiger partial charge in [0, 0.05) is 12.6 Å². The Morgan fingerprint density at radius 2 is 2.20 bits per heavy atom. The molecule has 0 saturated heterocycles. The van der Waals surface area contributed by atoms with Gasteiger partial charge in [-0.15, -0.1) is 11.3 Å². The summed E-state index contributed by atoms with van der Waals surface area (Å²) in [6.45, 7) is 4.93. The number of rotatable bonds is 7. The van der Waals surface area contributed by atoms with Gasteiger partial charge in [-0.25, -0.2) is 4.98 Å². The van der Waals surface area contributed by atoms with E-state index >= 15 is 0 Å². The van der Waals surface area contributed by atoms with E-state index in [0.717, 1.165) is 24.8 Å². The Labute approximate surface area is 156 Å². The van der Waals surface area contributed by atoms with Crippen molar-refractivity contribution in [3.05, 3.63) is 21.8 Å². The van der Waals surface area contributed by atoms with Gasteiger partial charge in [0.2, 0.25) is 5.91 Å². The van der Waals surface area contributed by atoms with Crippen molar-refractivity contribution in [1.29, 1.82) is 0 Å². The molecular weight excluding hydrogens is 354 g/mol. The van der Waals surface area contributed by atoms with Crippen molar-refractivity contribution in [2.75, 3.05) is 5.75 Å². The molecule has 0 aliphatic heterocycles. The summed E-state index contributed by atoms with van der Waals surface area (Å²) in [7, 11) is 0. The van der Waals surface area contributed by atoms with E-state index < -0.39 is 0 Å². The largest absolute Gasteiger partial charge is 0.353 e. The maximum absolute atomic E-state index is 12.8. The predicted molar refractivity (Wildman–Crippen MR) is 104 cm³/mol. The Hall–Kier alpha value is -1.34. The van der Waals surface area contributed by atoms with Crippen LogP contribution in [0.25, 0.3) is 10.2 Å². The van der Waals surface area contributed by atoms with E-state index in [0.29, 0.717) is 34.1 Å². The number of aromatic nitrogens is 2. The topological polar surface area (TPSA) is 64.0 Å². The molecule has 0 radical (unpaired) electrons. The maximum Gasteiger partial charge on any atom is 0.272 e. The summed E-state index contributed by atoms with van der Waals surface area (Å²) in [6, 6.07) is 2.19. The number of fused-ring (bicyclic) bond motifs is 1. The van der Waals surface area contributed by atoms with Crippen LogP contribution in [0, 0.1) is 5.92 Å². The zero-order chi connectivity index (χ0) is 17.8. The zero-order valence-electron chi connectivity index (χ0n) is 14.8. The number of thiophene rings is 1. The molecule has 1 saturated carbocycles. The number of amides is 1. The van der Waals surface area contributed by atoms with Crippen LogP contribution in [-0.4, -0.2) is 27.3 Å². The molecule has 1 fully saturated rings. The Balaban J connectivity index is 1.74. The lowest BCUT2D eigenvalue weighted by Gasteiger charge is -2.14. The van der Waals surface area contributed by atoms with Gasteiger partial charge >= 0.3 is 0 Å². The summed E-state index contributed by atoms with van der Waals surface area (Å²) in [5.74, 6) is 0.849. The number of carbonyl (C=O) groups excluding carboxylic acids is 1. The van der Waals surface area contributed by atoms with E-state index in [9.17, 15) is 9.59 Å². The van der Waals surface area contributed by atoms with Crippen LogP contribution in [0.1, 0.15) is 46.0 Å². The van der Waals surface area contributed by atoms with Gasteiger partial charge in [-0.2, -0.15) is 0 Å². The van der Waals surface area contributed by atoms with E-state index in [1.807, 2.05) is 11.4 Å². The molecule has 1 aliphatic carbocycles. The third kappa shape index (κ3) is 4.64. The lowest BCUT2D eigenvalue weighted by atomic mass is 10.1. The number of carbonyl (C=O) groups is 1. The van der Waals surface area contributed by atoms with Gasteiger partial charge in [0.05, 0.1) is 11.3 Å². The maximum atomic E-state index is 12.8.